The SMILES string of the molecule is CC(C)N(C(=O)COC(=O)Cc1cn2ccsc2n1)c1ccccc1. The Morgan fingerprint density at radius 1 is 1.28 bits per heavy atom. The van der Waals surface area contributed by atoms with Crippen LogP contribution < -0.4 is 4.90 Å². The van der Waals surface area contributed by atoms with Crippen molar-refractivity contribution in [1.29, 1.82) is 0 Å². The standard InChI is InChI=1S/C18H19N3O3S/c1-13(2)21(15-6-4-3-5-7-15)16(22)12-24-17(23)10-14-11-20-8-9-25-18(20)19-14/h3-9,11,13H,10,12H2,1-2H3. The Hall–Kier alpha value is -2.67. The second-order valence-corrected chi connectivity index (χ2v) is 6.73. The van der Waals surface area contributed by atoms with E-state index in [0.29, 0.717) is 5.69 Å². The van der Waals surface area contributed by atoms with Gasteiger partial charge < -0.3 is 9.64 Å². The van der Waals surface area contributed by atoms with Crippen LogP contribution in [0.4, 0.5) is 5.69 Å². The van der Waals surface area contributed by atoms with Crippen molar-refractivity contribution >= 4 is 33.9 Å². The number of aromatic nitrogens is 2. The summed E-state index contributed by atoms with van der Waals surface area (Å²) < 4.78 is 7.01. The third-order valence-corrected chi connectivity index (χ3v) is 4.42. The van der Waals surface area contributed by atoms with Crippen LogP contribution in [0.25, 0.3) is 4.96 Å². The summed E-state index contributed by atoms with van der Waals surface area (Å²) in [5.41, 5.74) is 1.42. The van der Waals surface area contributed by atoms with Gasteiger partial charge in [0, 0.05) is 29.5 Å². The van der Waals surface area contributed by atoms with Crippen LogP contribution in [0, 0.1) is 0 Å². The lowest BCUT2D eigenvalue weighted by molar-refractivity contribution is -0.147. The molecule has 0 N–H and O–H groups in total. The number of esters is 1. The van der Waals surface area contributed by atoms with Gasteiger partial charge in [0.25, 0.3) is 5.91 Å². The van der Waals surface area contributed by atoms with Crippen molar-refractivity contribution in [2.45, 2.75) is 26.3 Å². The number of hydrogen-bond donors (Lipinski definition) is 0. The van der Waals surface area contributed by atoms with Gasteiger partial charge in [-0.2, -0.15) is 0 Å². The average molecular weight is 357 g/mol. The van der Waals surface area contributed by atoms with Gasteiger partial charge in [0.1, 0.15) is 0 Å². The zero-order chi connectivity index (χ0) is 17.8. The van der Waals surface area contributed by atoms with E-state index in [1.165, 1.54) is 11.3 Å². The van der Waals surface area contributed by atoms with Crippen LogP contribution >= 0.6 is 11.3 Å². The first kappa shape index (κ1) is 17.2. The maximum Gasteiger partial charge on any atom is 0.312 e. The van der Waals surface area contributed by atoms with Crippen molar-refractivity contribution in [3.8, 4) is 0 Å². The maximum atomic E-state index is 12.5. The van der Waals surface area contributed by atoms with Crippen molar-refractivity contribution in [2.75, 3.05) is 11.5 Å². The highest BCUT2D eigenvalue weighted by atomic mass is 32.1. The fourth-order valence-corrected chi connectivity index (χ4v) is 3.31. The molecule has 0 saturated heterocycles. The summed E-state index contributed by atoms with van der Waals surface area (Å²) in [4.78, 5) is 31.3. The number of hydrogen-bond acceptors (Lipinski definition) is 5. The van der Waals surface area contributed by atoms with E-state index >= 15 is 0 Å². The average Bonchev–Trinajstić information content (AvgIpc) is 3.15. The van der Waals surface area contributed by atoms with E-state index in [9.17, 15) is 9.59 Å². The third kappa shape index (κ3) is 4.06. The smallest absolute Gasteiger partial charge is 0.312 e. The fourth-order valence-electron chi connectivity index (χ4n) is 2.59. The molecule has 0 spiro atoms. The van der Waals surface area contributed by atoms with Crippen LogP contribution in [-0.2, 0) is 20.7 Å². The Morgan fingerprint density at radius 3 is 2.72 bits per heavy atom. The number of carbonyl (C=O) groups is 2. The molecule has 0 aliphatic carbocycles. The highest BCUT2D eigenvalue weighted by molar-refractivity contribution is 7.15. The van der Waals surface area contributed by atoms with E-state index in [4.69, 9.17) is 4.74 Å². The van der Waals surface area contributed by atoms with Crippen molar-refractivity contribution in [3.63, 3.8) is 0 Å². The Balaban J connectivity index is 1.58. The van der Waals surface area contributed by atoms with Crippen molar-refractivity contribution in [2.24, 2.45) is 0 Å². The lowest BCUT2D eigenvalue weighted by atomic mass is 10.2. The molecule has 0 unspecified atom stereocenters. The predicted octanol–water partition coefficient (Wildman–Crippen LogP) is 2.92. The molecule has 130 valence electrons. The Labute approximate surface area is 149 Å². The van der Waals surface area contributed by atoms with E-state index in [1.54, 1.807) is 11.1 Å². The molecular formula is C18H19N3O3S. The number of ether oxygens (including phenoxy) is 1. The molecule has 1 aromatic carbocycles. The van der Waals surface area contributed by atoms with Crippen molar-refractivity contribution in [1.82, 2.24) is 9.38 Å². The van der Waals surface area contributed by atoms with Crippen LogP contribution in [-0.4, -0.2) is 33.9 Å². The van der Waals surface area contributed by atoms with Crippen molar-refractivity contribution in [3.05, 3.63) is 53.8 Å². The molecule has 3 aromatic rings. The van der Waals surface area contributed by atoms with Gasteiger partial charge in [-0.1, -0.05) is 18.2 Å². The molecule has 2 heterocycles. The summed E-state index contributed by atoms with van der Waals surface area (Å²) in [5, 5.41) is 1.92. The quantitative estimate of drug-likeness (QED) is 0.636. The Bertz CT molecular complexity index is 841. The number of imidazole rings is 1. The summed E-state index contributed by atoms with van der Waals surface area (Å²) in [6.45, 7) is 3.56. The van der Waals surface area contributed by atoms with Gasteiger partial charge in [-0.15, -0.1) is 11.3 Å². The molecule has 0 atom stereocenters. The summed E-state index contributed by atoms with van der Waals surface area (Å²) >= 11 is 1.50. The monoisotopic (exact) mass is 357 g/mol. The highest BCUT2D eigenvalue weighted by Gasteiger charge is 2.20. The van der Waals surface area contributed by atoms with Gasteiger partial charge in [-0.3, -0.25) is 14.0 Å². The van der Waals surface area contributed by atoms with Crippen LogP contribution in [0.3, 0.4) is 0 Å². The summed E-state index contributed by atoms with van der Waals surface area (Å²) in [6.07, 6.45) is 3.72. The molecule has 3 rings (SSSR count). The summed E-state index contributed by atoms with van der Waals surface area (Å²) in [5.74, 6) is -0.712. The first-order chi connectivity index (χ1) is 12.0. The van der Waals surface area contributed by atoms with Crippen LogP contribution in [0.15, 0.2) is 48.1 Å². The number of rotatable bonds is 6. The minimum atomic E-state index is -0.462. The summed E-state index contributed by atoms with van der Waals surface area (Å²) in [6, 6.07) is 9.31. The molecule has 0 aliphatic heterocycles. The number of para-hydroxylation sites is 1. The zero-order valence-corrected chi connectivity index (χ0v) is 14.9. The largest absolute Gasteiger partial charge is 0.455 e. The first-order valence-electron chi connectivity index (χ1n) is 7.98. The lowest BCUT2D eigenvalue weighted by Gasteiger charge is -2.26. The number of benzene rings is 1. The minimum Gasteiger partial charge on any atom is -0.455 e. The Morgan fingerprint density at radius 2 is 2.04 bits per heavy atom. The number of thiazole rings is 1. The predicted molar refractivity (Wildman–Crippen MR) is 96.8 cm³/mol. The second-order valence-electron chi connectivity index (χ2n) is 5.86. The second kappa shape index (κ2) is 7.48. The van der Waals surface area contributed by atoms with Gasteiger partial charge in [0.15, 0.2) is 11.6 Å². The zero-order valence-electron chi connectivity index (χ0n) is 14.1. The molecule has 25 heavy (non-hydrogen) atoms. The fraction of sp³-hybridized carbons (Fsp3) is 0.278. The van der Waals surface area contributed by atoms with Gasteiger partial charge in [0.2, 0.25) is 0 Å². The number of fused-ring (bicyclic) bond motifs is 1. The Kier molecular flexibility index (Phi) is 5.14. The molecular weight excluding hydrogens is 338 g/mol. The molecule has 0 fully saturated rings. The minimum absolute atomic E-state index is 0.0338. The van der Waals surface area contributed by atoms with Crippen LogP contribution in [0.5, 0.6) is 0 Å². The van der Waals surface area contributed by atoms with Crippen LogP contribution in [0.1, 0.15) is 19.5 Å². The molecule has 0 aliphatic rings. The molecule has 7 heteroatoms. The summed E-state index contributed by atoms with van der Waals surface area (Å²) in [7, 11) is 0. The highest BCUT2D eigenvalue weighted by Crippen LogP contribution is 2.17. The molecule has 1 amide bonds. The molecule has 0 bridgehead atoms. The van der Waals surface area contributed by atoms with E-state index in [2.05, 4.69) is 4.98 Å². The van der Waals surface area contributed by atoms with Gasteiger partial charge in [-0.05, 0) is 26.0 Å². The molecule has 0 radical (unpaired) electrons. The van der Waals surface area contributed by atoms with Gasteiger partial charge >= 0.3 is 5.97 Å². The van der Waals surface area contributed by atoms with Gasteiger partial charge in [0.05, 0.1) is 12.1 Å². The molecule has 0 saturated carbocycles. The normalized spacial score (nSPS) is 11.0. The number of carbonyl (C=O) groups excluding carboxylic acids is 2. The number of amides is 1. The topological polar surface area (TPSA) is 63.9 Å². The third-order valence-electron chi connectivity index (χ3n) is 3.64. The van der Waals surface area contributed by atoms with Gasteiger partial charge in [-0.25, -0.2) is 4.98 Å². The van der Waals surface area contributed by atoms with E-state index in [-0.39, 0.29) is 25.0 Å². The van der Waals surface area contributed by atoms with E-state index in [0.717, 1.165) is 10.6 Å². The molecule has 6 nitrogen and oxygen atoms in total. The first-order valence-corrected chi connectivity index (χ1v) is 8.86. The van der Waals surface area contributed by atoms with E-state index in [1.807, 2.05) is 60.2 Å². The maximum absolute atomic E-state index is 12.5. The molecule has 2 aromatic heterocycles. The van der Waals surface area contributed by atoms with Crippen molar-refractivity contribution < 1.29 is 14.3 Å². The number of nitrogens with zero attached hydrogens (tertiary/aromatic N) is 3. The van der Waals surface area contributed by atoms with Crippen LogP contribution in [0.2, 0.25) is 0 Å². The van der Waals surface area contributed by atoms with E-state index < -0.39 is 5.97 Å². The number of anilines is 1. The lowest BCUT2D eigenvalue weighted by Crippen LogP contribution is -2.40.